The molecule has 4 rings (SSSR count). The van der Waals surface area contributed by atoms with Crippen molar-refractivity contribution in [2.24, 2.45) is 0 Å². The Morgan fingerprint density at radius 2 is 2.00 bits per heavy atom. The Balaban J connectivity index is 1.58. The van der Waals surface area contributed by atoms with Gasteiger partial charge in [0.05, 0.1) is 30.0 Å². The van der Waals surface area contributed by atoms with Crippen molar-refractivity contribution in [3.05, 3.63) is 41.1 Å². The maximum Gasteiger partial charge on any atom is 0.319 e. The summed E-state index contributed by atoms with van der Waals surface area (Å²) in [4.78, 5) is 28.9. The molecule has 138 valence electrons. The fraction of sp³-hybridized carbons (Fsp3) is 0.474. The van der Waals surface area contributed by atoms with E-state index in [1.54, 1.807) is 4.90 Å². The van der Waals surface area contributed by atoms with E-state index in [0.717, 1.165) is 30.7 Å². The van der Waals surface area contributed by atoms with E-state index in [2.05, 4.69) is 10.6 Å². The standard InChI is InChI=1S/C19H24N4O3/c1-22(2)13-7-5-12(6-8-13)17-16-15(20-19(25)21-17)11-23(18(16)24)10-14-4-3-9-26-14/h5-8,14,17H,3-4,9-11H2,1-2H3,(H2,20,21,25)/t14-,17-/m1/s1. The van der Waals surface area contributed by atoms with Crippen molar-refractivity contribution in [3.63, 3.8) is 0 Å². The third kappa shape index (κ3) is 3.03. The van der Waals surface area contributed by atoms with Gasteiger partial charge in [0.25, 0.3) is 5.91 Å². The molecule has 3 aliphatic heterocycles. The van der Waals surface area contributed by atoms with Crippen LogP contribution in [0.5, 0.6) is 0 Å². The molecule has 0 spiro atoms. The number of hydrogen-bond acceptors (Lipinski definition) is 4. The monoisotopic (exact) mass is 356 g/mol. The summed E-state index contributed by atoms with van der Waals surface area (Å²) in [5.41, 5.74) is 3.32. The Bertz CT molecular complexity index is 751. The Kier molecular flexibility index (Phi) is 4.32. The Morgan fingerprint density at radius 3 is 2.65 bits per heavy atom. The lowest BCUT2D eigenvalue weighted by Gasteiger charge is -2.26. The smallest absolute Gasteiger partial charge is 0.319 e. The molecule has 2 N–H and O–H groups in total. The number of rotatable bonds is 4. The van der Waals surface area contributed by atoms with Crippen molar-refractivity contribution in [3.8, 4) is 0 Å². The number of nitrogens with one attached hydrogen (secondary N) is 2. The highest BCUT2D eigenvalue weighted by Crippen LogP contribution is 2.33. The summed E-state index contributed by atoms with van der Waals surface area (Å²) in [6, 6.07) is 7.23. The highest BCUT2D eigenvalue weighted by Gasteiger charge is 2.41. The van der Waals surface area contributed by atoms with E-state index in [0.29, 0.717) is 24.4 Å². The van der Waals surface area contributed by atoms with Crippen LogP contribution in [-0.2, 0) is 9.53 Å². The fourth-order valence-corrected chi connectivity index (χ4v) is 3.82. The highest BCUT2D eigenvalue weighted by atomic mass is 16.5. The van der Waals surface area contributed by atoms with Crippen LogP contribution in [0.4, 0.5) is 10.5 Å². The van der Waals surface area contributed by atoms with E-state index in [1.165, 1.54) is 0 Å². The minimum atomic E-state index is -0.419. The molecule has 1 fully saturated rings. The minimum Gasteiger partial charge on any atom is -0.378 e. The Labute approximate surface area is 153 Å². The first-order valence-corrected chi connectivity index (χ1v) is 9.01. The molecule has 0 aliphatic carbocycles. The van der Waals surface area contributed by atoms with Crippen molar-refractivity contribution < 1.29 is 14.3 Å². The maximum atomic E-state index is 13.0. The van der Waals surface area contributed by atoms with Gasteiger partial charge in [-0.2, -0.15) is 0 Å². The van der Waals surface area contributed by atoms with Gasteiger partial charge in [0.1, 0.15) is 0 Å². The summed E-state index contributed by atoms with van der Waals surface area (Å²) in [6.07, 6.45) is 2.12. The van der Waals surface area contributed by atoms with Gasteiger partial charge in [-0.05, 0) is 30.5 Å². The molecule has 0 radical (unpaired) electrons. The normalized spacial score (nSPS) is 25.2. The minimum absolute atomic E-state index is 0.0234. The van der Waals surface area contributed by atoms with Crippen LogP contribution in [0.2, 0.25) is 0 Å². The van der Waals surface area contributed by atoms with Crippen LogP contribution in [0.1, 0.15) is 24.4 Å². The molecule has 7 heteroatoms. The van der Waals surface area contributed by atoms with Crippen LogP contribution >= 0.6 is 0 Å². The summed E-state index contributed by atoms with van der Waals surface area (Å²) in [5.74, 6) is -0.0234. The van der Waals surface area contributed by atoms with Crippen molar-refractivity contribution >= 4 is 17.6 Å². The van der Waals surface area contributed by atoms with Gasteiger partial charge >= 0.3 is 6.03 Å². The molecule has 0 bridgehead atoms. The molecule has 26 heavy (non-hydrogen) atoms. The molecule has 1 saturated heterocycles. The summed E-state index contributed by atoms with van der Waals surface area (Å²) in [6.45, 7) is 1.78. The molecule has 1 aromatic carbocycles. The Morgan fingerprint density at radius 1 is 1.23 bits per heavy atom. The predicted molar refractivity (Wildman–Crippen MR) is 97.8 cm³/mol. The van der Waals surface area contributed by atoms with Crippen molar-refractivity contribution in [1.29, 1.82) is 0 Å². The highest BCUT2D eigenvalue weighted by molar-refractivity contribution is 6.01. The lowest BCUT2D eigenvalue weighted by Crippen LogP contribution is -2.44. The van der Waals surface area contributed by atoms with Crippen LogP contribution in [0, 0.1) is 0 Å². The molecular weight excluding hydrogens is 332 g/mol. The molecule has 3 amide bonds. The zero-order valence-electron chi connectivity index (χ0n) is 15.1. The van der Waals surface area contributed by atoms with Gasteiger partial charge in [0, 0.05) is 32.9 Å². The van der Waals surface area contributed by atoms with E-state index in [9.17, 15) is 9.59 Å². The van der Waals surface area contributed by atoms with Crippen LogP contribution in [0.15, 0.2) is 35.5 Å². The largest absolute Gasteiger partial charge is 0.378 e. The van der Waals surface area contributed by atoms with Crippen molar-refractivity contribution in [2.75, 3.05) is 38.7 Å². The predicted octanol–water partition coefficient (Wildman–Crippen LogP) is 1.38. The number of anilines is 1. The number of amides is 3. The molecule has 0 unspecified atom stereocenters. The van der Waals surface area contributed by atoms with Gasteiger partial charge in [-0.25, -0.2) is 4.79 Å². The first-order chi connectivity index (χ1) is 12.5. The first kappa shape index (κ1) is 16.9. The Hall–Kier alpha value is -2.54. The molecular formula is C19H24N4O3. The van der Waals surface area contributed by atoms with Gasteiger partial charge in [0.15, 0.2) is 0 Å². The summed E-state index contributed by atoms with van der Waals surface area (Å²) in [7, 11) is 3.96. The van der Waals surface area contributed by atoms with Crippen LogP contribution in [0.25, 0.3) is 0 Å². The average molecular weight is 356 g/mol. The second-order valence-corrected chi connectivity index (χ2v) is 7.23. The first-order valence-electron chi connectivity index (χ1n) is 9.01. The van der Waals surface area contributed by atoms with Gasteiger partial charge < -0.3 is 25.2 Å². The lowest BCUT2D eigenvalue weighted by atomic mass is 9.96. The number of urea groups is 1. The number of carbonyl (C=O) groups is 2. The third-order valence-electron chi connectivity index (χ3n) is 5.21. The SMILES string of the molecule is CN(C)c1ccc([C@H]2NC(=O)NC3=C2C(=O)N(C[C@H]2CCCO2)C3)cc1. The number of carbonyl (C=O) groups excluding carboxylic acids is 2. The molecule has 3 aliphatic rings. The van der Waals surface area contributed by atoms with Gasteiger partial charge in [-0.3, -0.25) is 4.79 Å². The zero-order chi connectivity index (χ0) is 18.3. The summed E-state index contributed by atoms with van der Waals surface area (Å²) in [5, 5.41) is 5.71. The molecule has 3 heterocycles. The number of nitrogens with zero attached hydrogens (tertiary/aromatic N) is 2. The van der Waals surface area contributed by atoms with Crippen LogP contribution in [-0.4, -0.2) is 56.7 Å². The average Bonchev–Trinajstić information content (AvgIpc) is 3.23. The second-order valence-electron chi connectivity index (χ2n) is 7.23. The van der Waals surface area contributed by atoms with Gasteiger partial charge in [-0.1, -0.05) is 12.1 Å². The summed E-state index contributed by atoms with van der Waals surface area (Å²) >= 11 is 0. The molecule has 2 atom stereocenters. The van der Waals surface area contributed by atoms with E-state index in [-0.39, 0.29) is 18.0 Å². The molecule has 1 aromatic rings. The van der Waals surface area contributed by atoms with Crippen LogP contribution in [0.3, 0.4) is 0 Å². The number of benzene rings is 1. The van der Waals surface area contributed by atoms with E-state index >= 15 is 0 Å². The van der Waals surface area contributed by atoms with Crippen molar-refractivity contribution in [2.45, 2.75) is 25.0 Å². The molecule has 7 nitrogen and oxygen atoms in total. The molecule has 0 saturated carbocycles. The van der Waals surface area contributed by atoms with Gasteiger partial charge in [-0.15, -0.1) is 0 Å². The second kappa shape index (κ2) is 6.64. The third-order valence-corrected chi connectivity index (χ3v) is 5.21. The van der Waals surface area contributed by atoms with Crippen LogP contribution < -0.4 is 15.5 Å². The fourth-order valence-electron chi connectivity index (χ4n) is 3.82. The number of hydrogen-bond donors (Lipinski definition) is 2. The maximum absolute atomic E-state index is 13.0. The zero-order valence-corrected chi connectivity index (χ0v) is 15.1. The van der Waals surface area contributed by atoms with Crippen molar-refractivity contribution in [1.82, 2.24) is 15.5 Å². The number of ether oxygens (including phenoxy) is 1. The van der Waals surface area contributed by atoms with Gasteiger partial charge in [0.2, 0.25) is 0 Å². The van der Waals surface area contributed by atoms with E-state index in [4.69, 9.17) is 4.74 Å². The molecule has 0 aromatic heterocycles. The quantitative estimate of drug-likeness (QED) is 0.855. The van der Waals surface area contributed by atoms with E-state index < -0.39 is 6.04 Å². The van der Waals surface area contributed by atoms with E-state index in [1.807, 2.05) is 43.3 Å². The lowest BCUT2D eigenvalue weighted by molar-refractivity contribution is -0.127. The summed E-state index contributed by atoms with van der Waals surface area (Å²) < 4.78 is 5.66. The topological polar surface area (TPSA) is 73.9 Å².